The Hall–Kier alpha value is -1.49. The van der Waals surface area contributed by atoms with Gasteiger partial charge in [-0.3, -0.25) is 11.3 Å². The molecule has 0 amide bonds. The Bertz CT molecular complexity index is 500. The molecule has 1 aromatic carbocycles. The number of hydrogen-bond donors (Lipinski definition) is 2. The van der Waals surface area contributed by atoms with Crippen LogP contribution in [0.4, 0.5) is 0 Å². The number of ether oxygens (including phenoxy) is 1. The lowest BCUT2D eigenvalue weighted by atomic mass is 10.0. The summed E-state index contributed by atoms with van der Waals surface area (Å²) < 4.78 is 10.6. The van der Waals surface area contributed by atoms with Gasteiger partial charge in [-0.15, -0.1) is 0 Å². The summed E-state index contributed by atoms with van der Waals surface area (Å²) in [5.74, 6) is 7.20. The molecule has 18 heavy (non-hydrogen) atoms. The Kier molecular flexibility index (Phi) is 4.25. The van der Waals surface area contributed by atoms with Crippen LogP contribution in [0.15, 0.2) is 41.0 Å². The summed E-state index contributed by atoms with van der Waals surface area (Å²) in [7, 11) is 1.62. The van der Waals surface area contributed by atoms with Gasteiger partial charge in [0.05, 0.1) is 19.4 Å². The number of benzene rings is 1. The van der Waals surface area contributed by atoms with Gasteiger partial charge in [0, 0.05) is 17.0 Å². The van der Waals surface area contributed by atoms with Crippen LogP contribution in [-0.2, 0) is 6.42 Å². The molecule has 0 saturated heterocycles. The lowest BCUT2D eigenvalue weighted by molar-refractivity contribution is 0.393. The van der Waals surface area contributed by atoms with Gasteiger partial charge in [-0.2, -0.15) is 0 Å². The monoisotopic (exact) mass is 266 g/mol. The number of hydrazine groups is 1. The van der Waals surface area contributed by atoms with Gasteiger partial charge in [-0.1, -0.05) is 11.6 Å². The number of nitrogens with one attached hydrogen (secondary N) is 1. The van der Waals surface area contributed by atoms with E-state index < -0.39 is 0 Å². The van der Waals surface area contributed by atoms with Crippen molar-refractivity contribution in [2.24, 2.45) is 5.84 Å². The van der Waals surface area contributed by atoms with Crippen LogP contribution in [0.2, 0.25) is 5.02 Å². The SMILES string of the molecule is COc1ccc(Cl)cc1C(Cc1ccco1)NN. The number of furan rings is 1. The van der Waals surface area contributed by atoms with Crippen LogP contribution in [0.5, 0.6) is 5.75 Å². The molecule has 1 unspecified atom stereocenters. The second-order valence-corrected chi connectivity index (χ2v) is 4.33. The van der Waals surface area contributed by atoms with Crippen molar-refractivity contribution in [1.82, 2.24) is 5.43 Å². The largest absolute Gasteiger partial charge is 0.496 e. The number of hydrogen-bond acceptors (Lipinski definition) is 4. The summed E-state index contributed by atoms with van der Waals surface area (Å²) >= 11 is 6.01. The highest BCUT2D eigenvalue weighted by molar-refractivity contribution is 6.30. The highest BCUT2D eigenvalue weighted by atomic mass is 35.5. The lowest BCUT2D eigenvalue weighted by Gasteiger charge is -2.18. The van der Waals surface area contributed by atoms with Crippen LogP contribution < -0.4 is 16.0 Å². The molecule has 0 saturated carbocycles. The Labute approximate surface area is 111 Å². The van der Waals surface area contributed by atoms with E-state index in [0.717, 1.165) is 17.1 Å². The van der Waals surface area contributed by atoms with Crippen molar-refractivity contribution in [3.05, 3.63) is 52.9 Å². The van der Waals surface area contributed by atoms with Crippen molar-refractivity contribution in [3.8, 4) is 5.75 Å². The zero-order valence-electron chi connectivity index (χ0n) is 10.0. The van der Waals surface area contributed by atoms with E-state index in [2.05, 4.69) is 5.43 Å². The van der Waals surface area contributed by atoms with E-state index in [0.29, 0.717) is 11.4 Å². The van der Waals surface area contributed by atoms with Crippen molar-refractivity contribution in [3.63, 3.8) is 0 Å². The Morgan fingerprint density at radius 2 is 2.28 bits per heavy atom. The van der Waals surface area contributed by atoms with Crippen LogP contribution in [0.3, 0.4) is 0 Å². The number of rotatable bonds is 5. The van der Waals surface area contributed by atoms with Crippen LogP contribution >= 0.6 is 11.6 Å². The molecule has 1 heterocycles. The Morgan fingerprint density at radius 1 is 1.44 bits per heavy atom. The average Bonchev–Trinajstić information content (AvgIpc) is 2.88. The molecule has 0 bridgehead atoms. The fraction of sp³-hybridized carbons (Fsp3) is 0.231. The standard InChI is InChI=1S/C13H15ClN2O2/c1-17-13-5-4-9(14)7-11(13)12(16-15)8-10-3-2-6-18-10/h2-7,12,16H,8,15H2,1H3. The van der Waals surface area contributed by atoms with Crippen LogP contribution in [0.25, 0.3) is 0 Å². The van der Waals surface area contributed by atoms with Gasteiger partial charge in [0.25, 0.3) is 0 Å². The smallest absolute Gasteiger partial charge is 0.123 e. The predicted molar refractivity (Wildman–Crippen MR) is 70.5 cm³/mol. The van der Waals surface area contributed by atoms with Gasteiger partial charge >= 0.3 is 0 Å². The van der Waals surface area contributed by atoms with E-state index in [1.54, 1.807) is 19.4 Å². The van der Waals surface area contributed by atoms with E-state index in [1.807, 2.05) is 24.3 Å². The van der Waals surface area contributed by atoms with E-state index >= 15 is 0 Å². The summed E-state index contributed by atoms with van der Waals surface area (Å²) in [6, 6.07) is 9.08. The molecular formula is C13H15ClN2O2. The molecule has 0 radical (unpaired) electrons. The first-order valence-electron chi connectivity index (χ1n) is 5.56. The molecule has 0 spiro atoms. The highest BCUT2D eigenvalue weighted by Crippen LogP contribution is 2.30. The van der Waals surface area contributed by atoms with E-state index in [-0.39, 0.29) is 6.04 Å². The zero-order valence-corrected chi connectivity index (χ0v) is 10.8. The molecule has 1 aromatic heterocycles. The third-order valence-electron chi connectivity index (χ3n) is 2.75. The maximum atomic E-state index is 6.01. The van der Waals surface area contributed by atoms with Crippen molar-refractivity contribution < 1.29 is 9.15 Å². The van der Waals surface area contributed by atoms with Gasteiger partial charge < -0.3 is 9.15 Å². The molecular weight excluding hydrogens is 252 g/mol. The fourth-order valence-electron chi connectivity index (χ4n) is 1.87. The minimum atomic E-state index is -0.121. The maximum absolute atomic E-state index is 6.01. The number of methoxy groups -OCH3 is 1. The predicted octanol–water partition coefficient (Wildman–Crippen LogP) is 2.69. The fourth-order valence-corrected chi connectivity index (χ4v) is 2.05. The molecule has 5 heteroatoms. The van der Waals surface area contributed by atoms with E-state index in [1.165, 1.54) is 0 Å². The zero-order chi connectivity index (χ0) is 13.0. The van der Waals surface area contributed by atoms with Gasteiger partial charge in [0.15, 0.2) is 0 Å². The first-order chi connectivity index (χ1) is 8.74. The minimum absolute atomic E-state index is 0.121. The average molecular weight is 267 g/mol. The second-order valence-electron chi connectivity index (χ2n) is 3.89. The first-order valence-corrected chi connectivity index (χ1v) is 5.94. The van der Waals surface area contributed by atoms with Gasteiger partial charge in [-0.05, 0) is 30.3 Å². The van der Waals surface area contributed by atoms with E-state index in [9.17, 15) is 0 Å². The van der Waals surface area contributed by atoms with Crippen molar-refractivity contribution in [2.45, 2.75) is 12.5 Å². The third-order valence-corrected chi connectivity index (χ3v) is 2.99. The van der Waals surface area contributed by atoms with Crippen LogP contribution in [-0.4, -0.2) is 7.11 Å². The second kappa shape index (κ2) is 5.91. The van der Waals surface area contributed by atoms with Crippen molar-refractivity contribution in [1.29, 1.82) is 0 Å². The van der Waals surface area contributed by atoms with E-state index in [4.69, 9.17) is 26.6 Å². The first kappa shape index (κ1) is 13.0. The molecule has 0 fully saturated rings. The Morgan fingerprint density at radius 3 is 2.89 bits per heavy atom. The third kappa shape index (κ3) is 2.85. The highest BCUT2D eigenvalue weighted by Gasteiger charge is 2.17. The quantitative estimate of drug-likeness (QED) is 0.645. The molecule has 0 aliphatic heterocycles. The Balaban J connectivity index is 2.28. The number of nitrogens with two attached hydrogens (primary N) is 1. The molecule has 2 aromatic rings. The molecule has 0 aliphatic carbocycles. The van der Waals surface area contributed by atoms with Crippen molar-refractivity contribution in [2.75, 3.05) is 7.11 Å². The summed E-state index contributed by atoms with van der Waals surface area (Å²) in [4.78, 5) is 0. The summed E-state index contributed by atoms with van der Waals surface area (Å²) in [6.07, 6.45) is 2.26. The number of halogens is 1. The van der Waals surface area contributed by atoms with Crippen molar-refractivity contribution >= 4 is 11.6 Å². The molecule has 0 aliphatic rings. The van der Waals surface area contributed by atoms with Gasteiger partial charge in [-0.25, -0.2) is 0 Å². The van der Waals surface area contributed by atoms with Crippen LogP contribution in [0.1, 0.15) is 17.4 Å². The van der Waals surface area contributed by atoms with Gasteiger partial charge in [0.2, 0.25) is 0 Å². The summed E-state index contributed by atoms with van der Waals surface area (Å²) in [6.45, 7) is 0. The molecule has 3 N–H and O–H groups in total. The topological polar surface area (TPSA) is 60.4 Å². The maximum Gasteiger partial charge on any atom is 0.123 e. The molecule has 4 nitrogen and oxygen atoms in total. The minimum Gasteiger partial charge on any atom is -0.496 e. The molecule has 2 rings (SSSR count). The molecule has 1 atom stereocenters. The molecule has 96 valence electrons. The summed E-state index contributed by atoms with van der Waals surface area (Å²) in [5, 5.41) is 0.644. The van der Waals surface area contributed by atoms with Crippen LogP contribution in [0, 0.1) is 0 Å². The lowest BCUT2D eigenvalue weighted by Crippen LogP contribution is -2.29. The summed E-state index contributed by atoms with van der Waals surface area (Å²) in [5.41, 5.74) is 3.67. The van der Waals surface area contributed by atoms with Gasteiger partial charge in [0.1, 0.15) is 11.5 Å². The normalized spacial score (nSPS) is 12.4.